The largest absolute Gasteiger partial charge is 0.350 e. The van der Waals surface area contributed by atoms with Crippen molar-refractivity contribution in [1.29, 1.82) is 0 Å². The fourth-order valence-corrected chi connectivity index (χ4v) is 7.67. The lowest BCUT2D eigenvalue weighted by Crippen LogP contribution is -2.15. The number of methoxy groups -OCH3 is 2. The molecule has 2 aromatic heterocycles. The van der Waals surface area contributed by atoms with Gasteiger partial charge in [0.2, 0.25) is 6.29 Å². The SMILES string of the molecule is COC(OC)c1n[nH]c2c1CSCC2Cc1ccc(F)cc1.O=Cc1n[nH]c2c1CSCC2Cc1ccc(F)cc1. The molecule has 0 saturated heterocycles. The quantitative estimate of drug-likeness (QED) is 0.180. The maximum absolute atomic E-state index is 13.0. The van der Waals surface area contributed by atoms with Crippen LogP contribution in [0.25, 0.3) is 0 Å². The normalized spacial score (nSPS) is 17.9. The molecule has 216 valence electrons. The maximum atomic E-state index is 13.0. The van der Waals surface area contributed by atoms with Crippen LogP contribution in [0.15, 0.2) is 48.5 Å². The smallest absolute Gasteiger partial charge is 0.202 e. The highest BCUT2D eigenvalue weighted by Crippen LogP contribution is 2.38. The Bertz CT molecular complexity index is 1440. The molecule has 2 N–H and O–H groups in total. The molecular formula is C30H32F2N4O3S2. The summed E-state index contributed by atoms with van der Waals surface area (Å²) in [6.07, 6.45) is 2.06. The second-order valence-corrected chi connectivity index (χ2v) is 12.1. The summed E-state index contributed by atoms with van der Waals surface area (Å²) < 4.78 is 36.6. The van der Waals surface area contributed by atoms with Crippen LogP contribution in [0.3, 0.4) is 0 Å². The number of hydrogen-bond acceptors (Lipinski definition) is 7. The number of nitrogens with zero attached hydrogens (tertiary/aromatic N) is 2. The van der Waals surface area contributed by atoms with E-state index in [1.807, 2.05) is 47.8 Å². The predicted octanol–water partition coefficient (Wildman–Crippen LogP) is 6.35. The van der Waals surface area contributed by atoms with Crippen molar-refractivity contribution in [1.82, 2.24) is 20.4 Å². The van der Waals surface area contributed by atoms with Gasteiger partial charge in [0, 0.05) is 71.6 Å². The van der Waals surface area contributed by atoms with Crippen LogP contribution in [-0.2, 0) is 33.8 Å². The van der Waals surface area contributed by atoms with Crippen LogP contribution >= 0.6 is 23.5 Å². The topological polar surface area (TPSA) is 92.9 Å². The summed E-state index contributed by atoms with van der Waals surface area (Å²) in [6, 6.07) is 13.3. The van der Waals surface area contributed by atoms with Crippen LogP contribution in [0.2, 0.25) is 0 Å². The number of nitrogens with one attached hydrogen (secondary N) is 2. The molecule has 7 nitrogen and oxygen atoms in total. The number of carbonyl (C=O) groups excluding carboxylic acids is 1. The zero-order chi connectivity index (χ0) is 28.8. The van der Waals surface area contributed by atoms with E-state index in [1.54, 1.807) is 14.2 Å². The third-order valence-electron chi connectivity index (χ3n) is 7.36. The van der Waals surface area contributed by atoms with E-state index in [1.165, 1.54) is 29.8 Å². The van der Waals surface area contributed by atoms with Crippen molar-refractivity contribution >= 4 is 29.8 Å². The van der Waals surface area contributed by atoms with E-state index in [0.717, 1.165) is 75.9 Å². The minimum atomic E-state index is -0.440. The third-order valence-corrected chi connectivity index (χ3v) is 9.63. The van der Waals surface area contributed by atoms with Gasteiger partial charge < -0.3 is 9.47 Å². The molecule has 4 heterocycles. The molecule has 2 aliphatic heterocycles. The Balaban J connectivity index is 0.000000166. The molecule has 41 heavy (non-hydrogen) atoms. The average Bonchev–Trinajstić information content (AvgIpc) is 3.62. The Morgan fingerprint density at radius 3 is 1.83 bits per heavy atom. The average molecular weight is 599 g/mol. The van der Waals surface area contributed by atoms with Gasteiger partial charge in [-0.1, -0.05) is 24.3 Å². The second-order valence-electron chi connectivity index (χ2n) is 10.0. The number of hydrogen-bond donors (Lipinski definition) is 2. The number of halogens is 2. The van der Waals surface area contributed by atoms with Crippen LogP contribution < -0.4 is 0 Å². The second kappa shape index (κ2) is 13.8. The summed E-state index contributed by atoms with van der Waals surface area (Å²) in [5.41, 5.74) is 7.99. The van der Waals surface area contributed by atoms with Gasteiger partial charge in [-0.15, -0.1) is 0 Å². The van der Waals surface area contributed by atoms with Gasteiger partial charge >= 0.3 is 0 Å². The summed E-state index contributed by atoms with van der Waals surface area (Å²) in [6.45, 7) is 0. The molecule has 0 radical (unpaired) electrons. The van der Waals surface area contributed by atoms with E-state index in [4.69, 9.17) is 9.47 Å². The van der Waals surface area contributed by atoms with Crippen LogP contribution in [0.5, 0.6) is 0 Å². The van der Waals surface area contributed by atoms with Gasteiger partial charge in [-0.25, -0.2) is 8.78 Å². The highest BCUT2D eigenvalue weighted by Gasteiger charge is 2.29. The van der Waals surface area contributed by atoms with Gasteiger partial charge in [0.1, 0.15) is 23.0 Å². The maximum Gasteiger partial charge on any atom is 0.202 e. The van der Waals surface area contributed by atoms with E-state index < -0.39 is 6.29 Å². The molecule has 2 atom stereocenters. The van der Waals surface area contributed by atoms with Gasteiger partial charge in [-0.05, 0) is 48.2 Å². The van der Waals surface area contributed by atoms with Crippen molar-refractivity contribution in [3.63, 3.8) is 0 Å². The fraction of sp³-hybridized carbons (Fsp3) is 0.367. The van der Waals surface area contributed by atoms with Crippen molar-refractivity contribution in [2.75, 3.05) is 25.7 Å². The van der Waals surface area contributed by atoms with Crippen molar-refractivity contribution in [2.24, 2.45) is 0 Å². The van der Waals surface area contributed by atoms with Crippen molar-refractivity contribution < 1.29 is 23.0 Å². The molecule has 0 bridgehead atoms. The Morgan fingerprint density at radius 2 is 1.32 bits per heavy atom. The molecule has 2 unspecified atom stereocenters. The number of fused-ring (bicyclic) bond motifs is 2. The molecule has 0 spiro atoms. The number of ether oxygens (including phenoxy) is 2. The first kappa shape index (κ1) is 29.5. The summed E-state index contributed by atoms with van der Waals surface area (Å²) in [4.78, 5) is 10.9. The number of aromatic amines is 2. The van der Waals surface area contributed by atoms with E-state index in [2.05, 4.69) is 20.4 Å². The van der Waals surface area contributed by atoms with Gasteiger partial charge in [-0.2, -0.15) is 33.7 Å². The number of H-pyrrole nitrogens is 2. The molecule has 0 aliphatic carbocycles. The van der Waals surface area contributed by atoms with Crippen LogP contribution in [-0.4, -0.2) is 52.4 Å². The standard InChI is InChI=1S/C16H19FN2O2S.C14H13FN2OS/c1-20-16(21-2)15-13-9-22-8-11(14(13)18-19-15)7-10-3-5-12(17)6-4-10;15-11-3-1-9(2-4-11)5-10-7-19-8-12-13(6-18)16-17-14(10)12/h3-6,11,16H,7-9H2,1-2H3,(H,18,19);1-4,6,10H,5,7-8H2,(H,16,17). The lowest BCUT2D eigenvalue weighted by molar-refractivity contribution is -0.109. The third kappa shape index (κ3) is 6.91. The molecule has 4 aromatic rings. The lowest BCUT2D eigenvalue weighted by Gasteiger charge is -2.23. The summed E-state index contributed by atoms with van der Waals surface area (Å²) >= 11 is 3.69. The number of aldehydes is 1. The van der Waals surface area contributed by atoms with Crippen molar-refractivity contribution in [3.8, 4) is 0 Å². The summed E-state index contributed by atoms with van der Waals surface area (Å²) in [7, 11) is 3.22. The highest BCUT2D eigenvalue weighted by atomic mass is 32.2. The lowest BCUT2D eigenvalue weighted by atomic mass is 9.94. The molecule has 6 rings (SSSR count). The van der Waals surface area contributed by atoms with Gasteiger partial charge in [0.05, 0.1) is 0 Å². The van der Waals surface area contributed by atoms with E-state index in [-0.39, 0.29) is 11.6 Å². The zero-order valence-corrected chi connectivity index (χ0v) is 24.5. The van der Waals surface area contributed by atoms with E-state index in [0.29, 0.717) is 17.5 Å². The van der Waals surface area contributed by atoms with E-state index >= 15 is 0 Å². The number of rotatable bonds is 8. The van der Waals surface area contributed by atoms with Crippen LogP contribution in [0, 0.1) is 11.6 Å². The zero-order valence-electron chi connectivity index (χ0n) is 22.9. The summed E-state index contributed by atoms with van der Waals surface area (Å²) in [5, 5.41) is 14.6. The number of carbonyl (C=O) groups is 1. The fourth-order valence-electron chi connectivity index (χ4n) is 5.28. The number of thioether (sulfide) groups is 2. The number of benzene rings is 2. The number of aromatic nitrogens is 4. The molecule has 2 aliphatic rings. The highest BCUT2D eigenvalue weighted by molar-refractivity contribution is 7.98. The first-order chi connectivity index (χ1) is 20.0. The van der Waals surface area contributed by atoms with Crippen LogP contribution in [0.4, 0.5) is 8.78 Å². The first-order valence-electron chi connectivity index (χ1n) is 13.3. The molecule has 2 aromatic carbocycles. The van der Waals surface area contributed by atoms with Crippen molar-refractivity contribution in [2.45, 2.75) is 42.5 Å². The Morgan fingerprint density at radius 1 is 0.829 bits per heavy atom. The monoisotopic (exact) mass is 598 g/mol. The molecule has 0 saturated carbocycles. The minimum absolute atomic E-state index is 0.200. The Kier molecular flexibility index (Phi) is 9.92. The van der Waals surface area contributed by atoms with Crippen LogP contribution in [0.1, 0.15) is 67.9 Å². The summed E-state index contributed by atoms with van der Waals surface area (Å²) in [5.74, 6) is 3.99. The first-order valence-corrected chi connectivity index (χ1v) is 15.6. The van der Waals surface area contributed by atoms with Gasteiger partial charge in [0.25, 0.3) is 0 Å². The van der Waals surface area contributed by atoms with Gasteiger partial charge in [-0.3, -0.25) is 15.0 Å². The Hall–Kier alpha value is -2.99. The molecule has 11 heteroatoms. The van der Waals surface area contributed by atoms with E-state index in [9.17, 15) is 13.6 Å². The van der Waals surface area contributed by atoms with Crippen molar-refractivity contribution in [3.05, 3.63) is 105 Å². The molecule has 0 fully saturated rings. The predicted molar refractivity (Wildman–Crippen MR) is 157 cm³/mol. The molecular weight excluding hydrogens is 566 g/mol. The molecule has 0 amide bonds. The minimum Gasteiger partial charge on any atom is -0.350 e. The van der Waals surface area contributed by atoms with Gasteiger partial charge in [0.15, 0.2) is 6.29 Å². The Labute approximate surface area is 246 Å².